The van der Waals surface area contributed by atoms with Crippen LogP contribution in [0, 0.1) is 0 Å². The van der Waals surface area contributed by atoms with E-state index in [9.17, 15) is 4.79 Å². The van der Waals surface area contributed by atoms with Gasteiger partial charge in [0.05, 0.1) is 12.2 Å². The van der Waals surface area contributed by atoms with E-state index in [2.05, 4.69) is 0 Å². The molecule has 0 atom stereocenters. The molecule has 17 heavy (non-hydrogen) atoms. The van der Waals surface area contributed by atoms with Crippen molar-refractivity contribution in [3.05, 3.63) is 24.3 Å². The highest BCUT2D eigenvalue weighted by molar-refractivity contribution is 5.95. The number of para-hydroxylation sites is 2. The number of rotatable bonds is 3. The van der Waals surface area contributed by atoms with Crippen molar-refractivity contribution in [2.24, 2.45) is 5.73 Å². The Kier molecular flexibility index (Phi) is 5.25. The van der Waals surface area contributed by atoms with Crippen LogP contribution in [0.2, 0.25) is 0 Å². The summed E-state index contributed by atoms with van der Waals surface area (Å²) < 4.78 is 5.49. The number of halogens is 1. The molecule has 2 rings (SSSR count). The zero-order chi connectivity index (χ0) is 11.4. The summed E-state index contributed by atoms with van der Waals surface area (Å²) in [5.41, 5.74) is 6.28. The smallest absolute Gasteiger partial charge is 0.227 e. The second-order valence-corrected chi connectivity index (χ2v) is 3.75. The molecule has 1 aromatic carbocycles. The van der Waals surface area contributed by atoms with Gasteiger partial charge in [0.25, 0.3) is 0 Å². The van der Waals surface area contributed by atoms with E-state index in [1.807, 2.05) is 24.3 Å². The number of carbonyl (C=O) groups excluding carboxylic acids is 1. The number of hydrogen-bond acceptors (Lipinski definition) is 3. The van der Waals surface area contributed by atoms with Gasteiger partial charge in [-0.1, -0.05) is 12.1 Å². The first kappa shape index (κ1) is 13.8. The number of carbonyl (C=O) groups is 1. The lowest BCUT2D eigenvalue weighted by atomic mass is 10.2. The standard InChI is InChI=1S/C12H16N2O2.ClH/c13-7-3-6-12(15)14-8-9-16-11-5-2-1-4-10(11)14;/h1-2,4-5H,3,6-9,13H2;1H. The van der Waals surface area contributed by atoms with Crippen molar-refractivity contribution in [3.63, 3.8) is 0 Å². The number of benzene rings is 1. The van der Waals surface area contributed by atoms with Crippen molar-refractivity contribution < 1.29 is 9.53 Å². The minimum atomic E-state index is 0. The van der Waals surface area contributed by atoms with Crippen molar-refractivity contribution in [2.75, 3.05) is 24.6 Å². The second kappa shape index (κ2) is 6.47. The number of amides is 1. The lowest BCUT2D eigenvalue weighted by Crippen LogP contribution is -2.37. The van der Waals surface area contributed by atoms with Crippen molar-refractivity contribution in [1.82, 2.24) is 0 Å². The third-order valence-corrected chi connectivity index (χ3v) is 2.62. The summed E-state index contributed by atoms with van der Waals surface area (Å²) >= 11 is 0. The maximum atomic E-state index is 11.9. The van der Waals surface area contributed by atoms with Gasteiger partial charge < -0.3 is 15.4 Å². The largest absolute Gasteiger partial charge is 0.490 e. The summed E-state index contributed by atoms with van der Waals surface area (Å²) in [7, 11) is 0. The third kappa shape index (κ3) is 3.11. The Labute approximate surface area is 107 Å². The van der Waals surface area contributed by atoms with Crippen molar-refractivity contribution >= 4 is 24.0 Å². The number of hydrogen-bond donors (Lipinski definition) is 1. The topological polar surface area (TPSA) is 55.6 Å². The van der Waals surface area contributed by atoms with Crippen LogP contribution in [0.5, 0.6) is 5.75 Å². The highest BCUT2D eigenvalue weighted by atomic mass is 35.5. The van der Waals surface area contributed by atoms with Gasteiger partial charge in [-0.2, -0.15) is 0 Å². The highest BCUT2D eigenvalue weighted by Crippen LogP contribution is 2.31. The molecule has 4 nitrogen and oxygen atoms in total. The number of ether oxygens (including phenoxy) is 1. The van der Waals surface area contributed by atoms with Crippen LogP contribution in [0.25, 0.3) is 0 Å². The molecule has 1 heterocycles. The Morgan fingerprint density at radius 2 is 2.18 bits per heavy atom. The Morgan fingerprint density at radius 3 is 2.94 bits per heavy atom. The van der Waals surface area contributed by atoms with Crippen LogP contribution in [-0.2, 0) is 4.79 Å². The number of nitrogens with zero attached hydrogens (tertiary/aromatic N) is 1. The maximum absolute atomic E-state index is 11.9. The van der Waals surface area contributed by atoms with Crippen LogP contribution >= 0.6 is 12.4 Å². The molecule has 0 aromatic heterocycles. The van der Waals surface area contributed by atoms with Gasteiger partial charge in [-0.15, -0.1) is 12.4 Å². The molecule has 2 N–H and O–H groups in total. The fraction of sp³-hybridized carbons (Fsp3) is 0.417. The first-order valence-corrected chi connectivity index (χ1v) is 5.55. The molecule has 0 spiro atoms. The normalized spacial score (nSPS) is 13.4. The first-order chi connectivity index (χ1) is 7.83. The van der Waals surface area contributed by atoms with Gasteiger partial charge in [-0.25, -0.2) is 0 Å². The van der Waals surface area contributed by atoms with Gasteiger partial charge in [0.2, 0.25) is 5.91 Å². The summed E-state index contributed by atoms with van der Waals surface area (Å²) in [4.78, 5) is 13.7. The first-order valence-electron chi connectivity index (χ1n) is 5.55. The molecule has 0 saturated heterocycles. The van der Waals surface area contributed by atoms with Crippen LogP contribution < -0.4 is 15.4 Å². The molecule has 1 amide bonds. The molecule has 0 saturated carbocycles. The fourth-order valence-corrected chi connectivity index (χ4v) is 1.82. The molecule has 1 aliphatic rings. The Morgan fingerprint density at radius 1 is 1.41 bits per heavy atom. The number of nitrogens with two attached hydrogens (primary N) is 1. The quantitative estimate of drug-likeness (QED) is 0.893. The van der Waals surface area contributed by atoms with Crippen molar-refractivity contribution in [3.8, 4) is 5.75 Å². The van der Waals surface area contributed by atoms with E-state index >= 15 is 0 Å². The van der Waals surface area contributed by atoms with Gasteiger partial charge in [0.15, 0.2) is 0 Å². The fourth-order valence-electron chi connectivity index (χ4n) is 1.82. The third-order valence-electron chi connectivity index (χ3n) is 2.62. The van der Waals surface area contributed by atoms with Gasteiger partial charge in [-0.05, 0) is 25.1 Å². The summed E-state index contributed by atoms with van der Waals surface area (Å²) in [5.74, 6) is 0.913. The number of fused-ring (bicyclic) bond motifs is 1. The predicted octanol–water partition coefficient (Wildman–Crippen LogP) is 1.57. The molecule has 0 fully saturated rings. The lowest BCUT2D eigenvalue weighted by molar-refractivity contribution is -0.118. The van der Waals surface area contributed by atoms with Crippen LogP contribution in [0.1, 0.15) is 12.8 Å². The molecule has 0 radical (unpaired) electrons. The Hall–Kier alpha value is -1.26. The van der Waals surface area contributed by atoms with Crippen LogP contribution in [0.4, 0.5) is 5.69 Å². The van der Waals surface area contributed by atoms with E-state index in [0.29, 0.717) is 26.1 Å². The van der Waals surface area contributed by atoms with E-state index in [-0.39, 0.29) is 18.3 Å². The molecular formula is C12H17ClN2O2. The molecule has 1 aromatic rings. The second-order valence-electron chi connectivity index (χ2n) is 3.75. The van der Waals surface area contributed by atoms with Crippen LogP contribution in [0.15, 0.2) is 24.3 Å². The molecule has 0 aliphatic carbocycles. The van der Waals surface area contributed by atoms with E-state index in [1.165, 1.54) is 0 Å². The van der Waals surface area contributed by atoms with Crippen LogP contribution in [0.3, 0.4) is 0 Å². The summed E-state index contributed by atoms with van der Waals surface area (Å²) in [6.07, 6.45) is 1.24. The van der Waals surface area contributed by atoms with Gasteiger partial charge in [-0.3, -0.25) is 4.79 Å². The molecule has 94 valence electrons. The van der Waals surface area contributed by atoms with E-state index in [0.717, 1.165) is 17.9 Å². The summed E-state index contributed by atoms with van der Waals surface area (Å²) in [5, 5.41) is 0. The zero-order valence-electron chi connectivity index (χ0n) is 9.59. The minimum Gasteiger partial charge on any atom is -0.490 e. The Balaban J connectivity index is 0.00000144. The molecule has 0 unspecified atom stereocenters. The number of anilines is 1. The van der Waals surface area contributed by atoms with Crippen LogP contribution in [-0.4, -0.2) is 25.6 Å². The van der Waals surface area contributed by atoms with Gasteiger partial charge in [0, 0.05) is 6.42 Å². The van der Waals surface area contributed by atoms with Crippen molar-refractivity contribution in [2.45, 2.75) is 12.8 Å². The molecule has 1 aliphatic heterocycles. The van der Waals surface area contributed by atoms with E-state index < -0.39 is 0 Å². The Bertz CT molecular complexity index is 385. The SMILES string of the molecule is Cl.NCCCC(=O)N1CCOc2ccccc21. The van der Waals surface area contributed by atoms with Crippen molar-refractivity contribution in [1.29, 1.82) is 0 Å². The minimum absolute atomic E-state index is 0. The average Bonchev–Trinajstić information content (AvgIpc) is 2.35. The predicted molar refractivity (Wildman–Crippen MR) is 69.8 cm³/mol. The lowest BCUT2D eigenvalue weighted by Gasteiger charge is -2.29. The molecule has 5 heteroatoms. The molecular weight excluding hydrogens is 240 g/mol. The monoisotopic (exact) mass is 256 g/mol. The molecule has 0 bridgehead atoms. The summed E-state index contributed by atoms with van der Waals surface area (Å²) in [6.45, 7) is 1.74. The van der Waals surface area contributed by atoms with E-state index in [1.54, 1.807) is 4.90 Å². The summed E-state index contributed by atoms with van der Waals surface area (Å²) in [6, 6.07) is 7.62. The highest BCUT2D eigenvalue weighted by Gasteiger charge is 2.22. The van der Waals surface area contributed by atoms with E-state index in [4.69, 9.17) is 10.5 Å². The van der Waals surface area contributed by atoms with Gasteiger partial charge in [0.1, 0.15) is 12.4 Å². The maximum Gasteiger partial charge on any atom is 0.227 e. The average molecular weight is 257 g/mol. The zero-order valence-corrected chi connectivity index (χ0v) is 10.4. The van der Waals surface area contributed by atoms with Gasteiger partial charge >= 0.3 is 0 Å².